The van der Waals surface area contributed by atoms with E-state index in [0.717, 1.165) is 0 Å². The van der Waals surface area contributed by atoms with E-state index in [1.54, 1.807) is 31.2 Å². The fourth-order valence-corrected chi connectivity index (χ4v) is 0.847. The second-order valence-corrected chi connectivity index (χ2v) is 2.85. The molecular weight excluding hydrogens is 180 g/mol. The number of hydrogen-bond donors (Lipinski definition) is 0. The highest BCUT2D eigenvalue weighted by atomic mass is 16.5. The van der Waals surface area contributed by atoms with E-state index in [9.17, 15) is 4.79 Å². The summed E-state index contributed by atoms with van der Waals surface area (Å²) >= 11 is 0. The first-order valence-electron chi connectivity index (χ1n) is 4.47. The molecular formula is C10H16N2O2. The van der Waals surface area contributed by atoms with E-state index < -0.39 is 0 Å². The van der Waals surface area contributed by atoms with Gasteiger partial charge in [0, 0.05) is 27.1 Å². The topological polar surface area (TPSA) is 53.3 Å². The van der Waals surface area contributed by atoms with Crippen LogP contribution in [-0.2, 0) is 9.53 Å². The molecule has 4 heteroatoms. The van der Waals surface area contributed by atoms with Gasteiger partial charge in [-0.25, -0.2) is 0 Å². The lowest BCUT2D eigenvalue weighted by Crippen LogP contribution is -2.26. The Morgan fingerprint density at radius 2 is 2.29 bits per heavy atom. The summed E-state index contributed by atoms with van der Waals surface area (Å²) in [5.74, 6) is 0.0209. The van der Waals surface area contributed by atoms with Gasteiger partial charge < -0.3 is 9.64 Å². The van der Waals surface area contributed by atoms with Crippen molar-refractivity contribution in [3.05, 3.63) is 12.2 Å². The first-order chi connectivity index (χ1) is 6.72. The molecule has 0 bridgehead atoms. The molecule has 78 valence electrons. The maximum atomic E-state index is 11.3. The molecule has 0 aliphatic rings. The lowest BCUT2D eigenvalue weighted by molar-refractivity contribution is -0.128. The van der Waals surface area contributed by atoms with Crippen LogP contribution in [0.3, 0.4) is 0 Å². The van der Waals surface area contributed by atoms with Crippen LogP contribution in [0.15, 0.2) is 12.2 Å². The Hall–Kier alpha value is -1.34. The zero-order chi connectivity index (χ0) is 10.8. The minimum Gasteiger partial charge on any atom is -0.381 e. The zero-order valence-electron chi connectivity index (χ0n) is 8.69. The van der Waals surface area contributed by atoms with E-state index in [-0.39, 0.29) is 5.91 Å². The number of carbonyl (C=O) groups excluding carboxylic acids is 1. The Morgan fingerprint density at radius 1 is 1.57 bits per heavy atom. The first kappa shape index (κ1) is 12.7. The summed E-state index contributed by atoms with van der Waals surface area (Å²) in [6, 6.07) is 2.00. The summed E-state index contributed by atoms with van der Waals surface area (Å²) in [7, 11) is 3.30. The lowest BCUT2D eigenvalue weighted by atomic mass is 10.3. The van der Waals surface area contributed by atoms with Crippen LogP contribution in [0.5, 0.6) is 0 Å². The van der Waals surface area contributed by atoms with Gasteiger partial charge in [-0.2, -0.15) is 5.26 Å². The standard InChI is InChI=1S/C10H16N2O2/c1-12(8-5-7-11)10(13)6-3-4-9-14-2/h3-4H,5-6,8-9H2,1-2H3/b4-3-. The molecule has 0 unspecified atom stereocenters. The van der Waals surface area contributed by atoms with Crippen molar-refractivity contribution in [3.8, 4) is 6.07 Å². The quantitative estimate of drug-likeness (QED) is 0.594. The molecule has 0 saturated heterocycles. The van der Waals surface area contributed by atoms with Crippen molar-refractivity contribution < 1.29 is 9.53 Å². The molecule has 0 rings (SSSR count). The lowest BCUT2D eigenvalue weighted by Gasteiger charge is -2.13. The van der Waals surface area contributed by atoms with Gasteiger partial charge in [-0.1, -0.05) is 12.2 Å². The average Bonchev–Trinajstić information content (AvgIpc) is 2.20. The molecule has 0 aliphatic heterocycles. The fraction of sp³-hybridized carbons (Fsp3) is 0.600. The number of nitriles is 1. The van der Waals surface area contributed by atoms with Gasteiger partial charge in [0.15, 0.2) is 0 Å². The van der Waals surface area contributed by atoms with Crippen LogP contribution >= 0.6 is 0 Å². The number of hydrogen-bond acceptors (Lipinski definition) is 3. The van der Waals surface area contributed by atoms with Crippen LogP contribution in [-0.4, -0.2) is 38.1 Å². The molecule has 0 aromatic heterocycles. The van der Waals surface area contributed by atoms with Crippen LogP contribution in [0.25, 0.3) is 0 Å². The first-order valence-corrected chi connectivity index (χ1v) is 4.47. The number of ether oxygens (including phenoxy) is 1. The van der Waals surface area contributed by atoms with Gasteiger partial charge in [0.25, 0.3) is 0 Å². The van der Waals surface area contributed by atoms with Gasteiger partial charge in [0.2, 0.25) is 5.91 Å². The third-order valence-electron chi connectivity index (χ3n) is 1.71. The number of nitrogens with zero attached hydrogens (tertiary/aromatic N) is 2. The summed E-state index contributed by atoms with van der Waals surface area (Å²) in [5, 5.41) is 8.32. The highest BCUT2D eigenvalue weighted by Gasteiger charge is 2.04. The van der Waals surface area contributed by atoms with Crippen molar-refractivity contribution >= 4 is 5.91 Å². The van der Waals surface area contributed by atoms with Crippen LogP contribution in [0.4, 0.5) is 0 Å². The van der Waals surface area contributed by atoms with E-state index in [4.69, 9.17) is 10.00 Å². The Morgan fingerprint density at radius 3 is 2.86 bits per heavy atom. The van der Waals surface area contributed by atoms with Crippen LogP contribution in [0.1, 0.15) is 12.8 Å². The van der Waals surface area contributed by atoms with Crippen molar-refractivity contribution in [2.45, 2.75) is 12.8 Å². The largest absolute Gasteiger partial charge is 0.381 e. The van der Waals surface area contributed by atoms with Crippen molar-refractivity contribution in [2.75, 3.05) is 27.3 Å². The predicted octanol–water partition coefficient (Wildman–Crippen LogP) is 0.951. The van der Waals surface area contributed by atoms with E-state index in [1.807, 2.05) is 6.07 Å². The molecule has 0 aromatic rings. The van der Waals surface area contributed by atoms with E-state index in [2.05, 4.69) is 0 Å². The molecule has 14 heavy (non-hydrogen) atoms. The molecule has 0 aromatic carbocycles. The molecule has 0 fully saturated rings. The van der Waals surface area contributed by atoms with Gasteiger partial charge in [0.05, 0.1) is 19.1 Å². The molecule has 1 amide bonds. The highest BCUT2D eigenvalue weighted by molar-refractivity contribution is 5.77. The third-order valence-corrected chi connectivity index (χ3v) is 1.71. The zero-order valence-corrected chi connectivity index (χ0v) is 8.69. The number of carbonyl (C=O) groups is 1. The molecule has 0 saturated carbocycles. The minimum absolute atomic E-state index is 0.0209. The van der Waals surface area contributed by atoms with E-state index in [0.29, 0.717) is 26.0 Å². The second-order valence-electron chi connectivity index (χ2n) is 2.85. The van der Waals surface area contributed by atoms with Gasteiger partial charge in [-0.05, 0) is 0 Å². The van der Waals surface area contributed by atoms with Gasteiger partial charge in [-0.3, -0.25) is 4.79 Å². The molecule has 0 atom stereocenters. The van der Waals surface area contributed by atoms with Crippen molar-refractivity contribution in [1.29, 1.82) is 5.26 Å². The van der Waals surface area contributed by atoms with Gasteiger partial charge in [0.1, 0.15) is 0 Å². The Kier molecular flexibility index (Phi) is 7.48. The second kappa shape index (κ2) is 8.27. The summed E-state index contributed by atoms with van der Waals surface area (Å²) in [6.45, 7) is 1.02. The number of amides is 1. The fourth-order valence-electron chi connectivity index (χ4n) is 0.847. The van der Waals surface area contributed by atoms with Crippen molar-refractivity contribution in [2.24, 2.45) is 0 Å². The van der Waals surface area contributed by atoms with Crippen LogP contribution in [0, 0.1) is 11.3 Å². The van der Waals surface area contributed by atoms with Crippen LogP contribution in [0.2, 0.25) is 0 Å². The SMILES string of the molecule is COC/C=C\CC(=O)N(C)CCC#N. The van der Waals surface area contributed by atoms with Crippen molar-refractivity contribution in [1.82, 2.24) is 4.90 Å². The summed E-state index contributed by atoms with van der Waals surface area (Å²) < 4.78 is 4.79. The monoisotopic (exact) mass is 196 g/mol. The molecule has 0 radical (unpaired) electrons. The Bertz CT molecular complexity index is 231. The number of rotatable bonds is 6. The maximum absolute atomic E-state index is 11.3. The normalized spacial score (nSPS) is 10.1. The number of methoxy groups -OCH3 is 1. The van der Waals surface area contributed by atoms with Crippen molar-refractivity contribution in [3.63, 3.8) is 0 Å². The minimum atomic E-state index is 0.0209. The maximum Gasteiger partial charge on any atom is 0.226 e. The molecule has 0 aliphatic carbocycles. The third kappa shape index (κ3) is 6.21. The van der Waals surface area contributed by atoms with Crippen LogP contribution < -0.4 is 0 Å². The average molecular weight is 196 g/mol. The van der Waals surface area contributed by atoms with Gasteiger partial charge >= 0.3 is 0 Å². The smallest absolute Gasteiger partial charge is 0.226 e. The summed E-state index contributed by atoms with van der Waals surface area (Å²) in [6.07, 6.45) is 4.32. The Balaban J connectivity index is 3.68. The van der Waals surface area contributed by atoms with E-state index >= 15 is 0 Å². The van der Waals surface area contributed by atoms with Gasteiger partial charge in [-0.15, -0.1) is 0 Å². The molecule has 0 heterocycles. The Labute approximate surface area is 84.8 Å². The molecule has 4 nitrogen and oxygen atoms in total. The highest BCUT2D eigenvalue weighted by Crippen LogP contribution is 1.94. The molecule has 0 spiro atoms. The summed E-state index contributed by atoms with van der Waals surface area (Å²) in [4.78, 5) is 12.9. The molecule has 0 N–H and O–H groups in total. The predicted molar refractivity (Wildman–Crippen MR) is 53.5 cm³/mol. The van der Waals surface area contributed by atoms with E-state index in [1.165, 1.54) is 0 Å². The summed E-state index contributed by atoms with van der Waals surface area (Å²) in [5.41, 5.74) is 0.